The number of benzene rings is 2. The van der Waals surface area contributed by atoms with Gasteiger partial charge in [0.2, 0.25) is 0 Å². The predicted octanol–water partition coefficient (Wildman–Crippen LogP) is 2.74. The second kappa shape index (κ2) is 8.75. The molecule has 6 nitrogen and oxygen atoms in total. The number of aliphatic imine (C=N–C) groups is 1. The van der Waals surface area contributed by atoms with Gasteiger partial charge in [0.25, 0.3) is 5.91 Å². The van der Waals surface area contributed by atoms with Gasteiger partial charge in [-0.25, -0.2) is 0 Å². The molecule has 0 aliphatic heterocycles. The zero-order chi connectivity index (χ0) is 19.0. The summed E-state index contributed by atoms with van der Waals surface area (Å²) in [4.78, 5) is 15.8. The summed E-state index contributed by atoms with van der Waals surface area (Å²) in [5, 5.41) is 5.42. The number of hydrogen-bond acceptors (Lipinski definition) is 3. The summed E-state index contributed by atoms with van der Waals surface area (Å²) in [7, 11) is 0. The highest BCUT2D eigenvalue weighted by atomic mass is 19.4. The largest absolute Gasteiger partial charge is 0.573 e. The molecule has 0 aliphatic carbocycles. The third-order valence-electron chi connectivity index (χ3n) is 3.08. The molecule has 0 unspecified atom stereocenters. The van der Waals surface area contributed by atoms with Crippen molar-refractivity contribution in [1.82, 2.24) is 5.32 Å². The number of nitrogens with one attached hydrogen (secondary N) is 2. The first-order chi connectivity index (χ1) is 12.3. The number of amides is 1. The summed E-state index contributed by atoms with van der Waals surface area (Å²) >= 11 is 0. The summed E-state index contributed by atoms with van der Waals surface area (Å²) in [6.45, 7) is 0.529. The smallest absolute Gasteiger partial charge is 0.406 e. The number of hydrogen-bond donors (Lipinski definition) is 3. The molecule has 1 amide bonds. The Kier molecular flexibility index (Phi) is 6.42. The molecule has 26 heavy (non-hydrogen) atoms. The Balaban J connectivity index is 1.76. The Hall–Kier alpha value is -3.23. The summed E-state index contributed by atoms with van der Waals surface area (Å²) in [6.07, 6.45) is -4.74. The molecule has 9 heteroatoms. The lowest BCUT2D eigenvalue weighted by Gasteiger charge is -2.10. The van der Waals surface area contributed by atoms with E-state index < -0.39 is 6.36 Å². The van der Waals surface area contributed by atoms with E-state index in [4.69, 9.17) is 5.73 Å². The highest BCUT2D eigenvalue weighted by Crippen LogP contribution is 2.23. The standard InChI is InChI=1S/C17H17F3N4O2/c18-17(19,20)26-14-8-6-13(7-9-14)24-16(21)23-11-10-22-15(25)12-4-2-1-3-5-12/h1-9H,10-11H2,(H,22,25)(H3,21,23,24). The van der Waals surface area contributed by atoms with E-state index in [1.165, 1.54) is 12.1 Å². The molecule has 0 saturated heterocycles. The van der Waals surface area contributed by atoms with Gasteiger partial charge in [-0.3, -0.25) is 9.79 Å². The Morgan fingerprint density at radius 2 is 1.73 bits per heavy atom. The number of carbonyl (C=O) groups excluding carboxylic acids is 1. The summed E-state index contributed by atoms with van der Waals surface area (Å²) in [5.74, 6) is -0.474. The fourth-order valence-corrected chi connectivity index (χ4v) is 1.96. The minimum absolute atomic E-state index is 0.0726. The Morgan fingerprint density at radius 3 is 2.35 bits per heavy atom. The highest BCUT2D eigenvalue weighted by molar-refractivity contribution is 5.94. The SMILES string of the molecule is NC(=NCCNC(=O)c1ccccc1)Nc1ccc(OC(F)(F)F)cc1. The number of anilines is 1. The van der Waals surface area contributed by atoms with Gasteiger partial charge >= 0.3 is 6.36 Å². The molecule has 2 rings (SSSR count). The van der Waals surface area contributed by atoms with Crippen molar-refractivity contribution in [3.05, 3.63) is 60.2 Å². The number of nitrogens with two attached hydrogens (primary N) is 1. The third kappa shape index (κ3) is 6.71. The molecule has 2 aromatic rings. The van der Waals surface area contributed by atoms with E-state index in [9.17, 15) is 18.0 Å². The van der Waals surface area contributed by atoms with E-state index in [1.54, 1.807) is 24.3 Å². The maximum Gasteiger partial charge on any atom is 0.573 e. The van der Waals surface area contributed by atoms with Gasteiger partial charge in [-0.05, 0) is 36.4 Å². The quantitative estimate of drug-likeness (QED) is 0.417. The second-order valence-electron chi connectivity index (χ2n) is 5.09. The van der Waals surface area contributed by atoms with Crippen molar-refractivity contribution < 1.29 is 22.7 Å². The molecule has 0 heterocycles. The van der Waals surface area contributed by atoms with Gasteiger partial charge in [-0.15, -0.1) is 13.2 Å². The molecule has 0 radical (unpaired) electrons. The van der Waals surface area contributed by atoms with Crippen molar-refractivity contribution in [3.8, 4) is 5.75 Å². The summed E-state index contributed by atoms with van der Waals surface area (Å²) < 4.78 is 40.0. The number of rotatable bonds is 6. The van der Waals surface area contributed by atoms with Crippen molar-refractivity contribution in [2.24, 2.45) is 10.7 Å². The molecule has 0 aliphatic rings. The van der Waals surface area contributed by atoms with Gasteiger partial charge in [-0.1, -0.05) is 18.2 Å². The molecule has 0 saturated carbocycles. The Bertz CT molecular complexity index is 747. The Labute approximate surface area is 147 Å². The van der Waals surface area contributed by atoms with E-state index in [-0.39, 0.29) is 30.7 Å². The predicted molar refractivity (Wildman–Crippen MR) is 92.0 cm³/mol. The van der Waals surface area contributed by atoms with Crippen LogP contribution in [0, 0.1) is 0 Å². The molecule has 0 bridgehead atoms. The van der Waals surface area contributed by atoms with Crippen LogP contribution in [0.2, 0.25) is 0 Å². The van der Waals surface area contributed by atoms with Crippen molar-refractivity contribution in [1.29, 1.82) is 0 Å². The van der Waals surface area contributed by atoms with Crippen LogP contribution < -0.4 is 21.1 Å². The molecule has 4 N–H and O–H groups in total. The third-order valence-corrected chi connectivity index (χ3v) is 3.08. The molecule has 2 aromatic carbocycles. The van der Waals surface area contributed by atoms with Crippen LogP contribution in [-0.4, -0.2) is 31.3 Å². The van der Waals surface area contributed by atoms with Gasteiger partial charge in [0.15, 0.2) is 5.96 Å². The maximum atomic E-state index is 12.1. The topological polar surface area (TPSA) is 88.7 Å². The van der Waals surface area contributed by atoms with E-state index in [0.29, 0.717) is 11.3 Å². The monoisotopic (exact) mass is 366 g/mol. The average molecular weight is 366 g/mol. The van der Waals surface area contributed by atoms with Gasteiger partial charge in [-0.2, -0.15) is 0 Å². The normalized spacial score (nSPS) is 11.7. The molecule has 0 atom stereocenters. The molecule has 0 fully saturated rings. The summed E-state index contributed by atoms with van der Waals surface area (Å²) in [5.41, 5.74) is 6.69. The summed E-state index contributed by atoms with van der Waals surface area (Å²) in [6, 6.07) is 13.8. The zero-order valence-corrected chi connectivity index (χ0v) is 13.6. The first-order valence-corrected chi connectivity index (χ1v) is 7.59. The van der Waals surface area contributed by atoms with Crippen LogP contribution in [0.15, 0.2) is 59.6 Å². The van der Waals surface area contributed by atoms with Gasteiger partial charge in [0, 0.05) is 17.8 Å². The lowest BCUT2D eigenvalue weighted by molar-refractivity contribution is -0.274. The number of alkyl halides is 3. The van der Waals surface area contributed by atoms with Crippen LogP contribution in [0.4, 0.5) is 18.9 Å². The average Bonchev–Trinajstić information content (AvgIpc) is 2.60. The fraction of sp³-hybridized carbons (Fsp3) is 0.176. The van der Waals surface area contributed by atoms with Gasteiger partial charge in [0.05, 0.1) is 6.54 Å². The van der Waals surface area contributed by atoms with Gasteiger partial charge in [0.1, 0.15) is 5.75 Å². The van der Waals surface area contributed by atoms with Crippen LogP contribution in [-0.2, 0) is 0 Å². The number of ether oxygens (including phenoxy) is 1. The van der Waals surface area contributed by atoms with Crippen LogP contribution >= 0.6 is 0 Å². The Morgan fingerprint density at radius 1 is 1.08 bits per heavy atom. The lowest BCUT2D eigenvalue weighted by atomic mass is 10.2. The molecule has 0 aromatic heterocycles. The van der Waals surface area contributed by atoms with E-state index in [1.807, 2.05) is 6.07 Å². The zero-order valence-electron chi connectivity index (χ0n) is 13.6. The van der Waals surface area contributed by atoms with Crippen molar-refractivity contribution in [2.75, 3.05) is 18.4 Å². The van der Waals surface area contributed by atoms with Crippen LogP contribution in [0.25, 0.3) is 0 Å². The lowest BCUT2D eigenvalue weighted by Crippen LogP contribution is -2.28. The number of carbonyl (C=O) groups is 1. The van der Waals surface area contributed by atoms with Crippen molar-refractivity contribution in [2.45, 2.75) is 6.36 Å². The maximum absolute atomic E-state index is 12.1. The van der Waals surface area contributed by atoms with Crippen LogP contribution in [0.3, 0.4) is 0 Å². The molecule has 138 valence electrons. The van der Waals surface area contributed by atoms with Crippen LogP contribution in [0.1, 0.15) is 10.4 Å². The van der Waals surface area contributed by atoms with Crippen molar-refractivity contribution in [3.63, 3.8) is 0 Å². The van der Waals surface area contributed by atoms with E-state index in [2.05, 4.69) is 20.4 Å². The number of halogens is 3. The highest BCUT2D eigenvalue weighted by Gasteiger charge is 2.30. The first kappa shape index (κ1) is 19.1. The molecule has 0 spiro atoms. The number of nitrogens with zero attached hydrogens (tertiary/aromatic N) is 1. The first-order valence-electron chi connectivity index (χ1n) is 7.59. The minimum atomic E-state index is -4.74. The fourth-order valence-electron chi connectivity index (χ4n) is 1.96. The molecular formula is C17H17F3N4O2. The van der Waals surface area contributed by atoms with Crippen LogP contribution in [0.5, 0.6) is 5.75 Å². The minimum Gasteiger partial charge on any atom is -0.406 e. The second-order valence-corrected chi connectivity index (χ2v) is 5.09. The number of guanidine groups is 1. The van der Waals surface area contributed by atoms with Gasteiger partial charge < -0.3 is 21.1 Å². The van der Waals surface area contributed by atoms with E-state index in [0.717, 1.165) is 12.1 Å². The van der Waals surface area contributed by atoms with Crippen molar-refractivity contribution >= 4 is 17.6 Å². The van der Waals surface area contributed by atoms with E-state index >= 15 is 0 Å². The molecular weight excluding hydrogens is 349 g/mol.